The van der Waals surface area contributed by atoms with E-state index in [0.29, 0.717) is 0 Å². The summed E-state index contributed by atoms with van der Waals surface area (Å²) in [6.45, 7) is 7.29. The number of carbonyl (C=O) groups is 1. The van der Waals surface area contributed by atoms with E-state index in [0.717, 1.165) is 6.92 Å². The largest absolute Gasteiger partial charge is 0.481 e. The molecule has 0 amide bonds. The van der Waals surface area contributed by atoms with Gasteiger partial charge in [-0.25, -0.2) is 0 Å². The van der Waals surface area contributed by atoms with Gasteiger partial charge in [0.15, 0.2) is 0 Å². The predicted molar refractivity (Wildman–Crippen MR) is 43.4 cm³/mol. The number of carboxylic acid groups (broad SMARTS) is 1. The number of hydrogen-bond donors (Lipinski definition) is 2. The quantitative estimate of drug-likeness (QED) is 0.516. The Bertz CT molecular complexity index is 100. The van der Waals surface area contributed by atoms with Gasteiger partial charge in [0, 0.05) is 6.92 Å². The van der Waals surface area contributed by atoms with E-state index in [4.69, 9.17) is 9.90 Å². The molecule has 0 fully saturated rings. The number of hydrogen-bond acceptors (Lipinski definition) is 2. The van der Waals surface area contributed by atoms with E-state index in [-0.39, 0.29) is 6.15 Å². The van der Waals surface area contributed by atoms with Gasteiger partial charge in [-0.2, -0.15) is 0 Å². The molecule has 0 spiro atoms. The average Bonchev–Trinajstić information content (AvgIpc) is 1.65. The molecule has 0 aliphatic carbocycles. The van der Waals surface area contributed by atoms with Crippen LogP contribution in [0.1, 0.15) is 27.7 Å². The number of carboxylic acids is 1. The molecule has 3 nitrogen and oxygen atoms in total. The van der Waals surface area contributed by atoms with Gasteiger partial charge in [-0.05, 0) is 20.8 Å². The Balaban J connectivity index is -0.0000000910. The molecule has 0 radical (unpaired) electrons. The number of aliphatic carboxylic acids is 1. The summed E-state index contributed by atoms with van der Waals surface area (Å²) < 4.78 is 0. The third kappa shape index (κ3) is 199. The molecule has 0 bridgehead atoms. The lowest BCUT2D eigenvalue weighted by molar-refractivity contribution is -0.134. The molecule has 0 saturated heterocycles. The van der Waals surface area contributed by atoms with E-state index in [1.54, 1.807) is 0 Å². The zero-order valence-electron chi connectivity index (χ0n) is 7.14. The van der Waals surface area contributed by atoms with E-state index >= 15 is 0 Å². The van der Waals surface area contributed by atoms with Crippen LogP contribution in [-0.2, 0) is 4.79 Å². The van der Waals surface area contributed by atoms with Crippen molar-refractivity contribution in [3.05, 3.63) is 11.6 Å². The normalized spacial score (nSPS) is 6.00. The molecule has 0 saturated carbocycles. The summed E-state index contributed by atoms with van der Waals surface area (Å²) in [6, 6.07) is 0. The number of allylic oxidation sites excluding steroid dienone is 2. The Morgan fingerprint density at radius 1 is 1.30 bits per heavy atom. The topological polar surface area (TPSA) is 72.3 Å². The molecule has 0 rings (SSSR count). The minimum absolute atomic E-state index is 0. The zero-order chi connectivity index (χ0) is 7.86. The maximum absolute atomic E-state index is 9.00. The van der Waals surface area contributed by atoms with Crippen LogP contribution >= 0.6 is 0 Å². The fourth-order valence-electron chi connectivity index (χ4n) is 0. The Hall–Kier alpha value is -0.830. The van der Waals surface area contributed by atoms with Crippen molar-refractivity contribution >= 4 is 5.97 Å². The third-order valence-electron chi connectivity index (χ3n) is 0.577. The molecule has 0 aromatic rings. The van der Waals surface area contributed by atoms with E-state index in [2.05, 4.69) is 19.9 Å². The summed E-state index contributed by atoms with van der Waals surface area (Å²) in [6.07, 6.45) is 2.08. The third-order valence-corrected chi connectivity index (χ3v) is 0.577. The summed E-state index contributed by atoms with van der Waals surface area (Å²) in [5, 5.41) is 7.42. The average molecular weight is 147 g/mol. The van der Waals surface area contributed by atoms with E-state index in [1.807, 2.05) is 6.92 Å². The first kappa shape index (κ1) is 16.1. The van der Waals surface area contributed by atoms with Crippen LogP contribution in [0.5, 0.6) is 0 Å². The molecular formula is C7H17NO2. The lowest BCUT2D eigenvalue weighted by atomic mass is 10.3. The Kier molecular flexibility index (Phi) is 17.7. The van der Waals surface area contributed by atoms with Crippen LogP contribution in [0.15, 0.2) is 11.6 Å². The summed E-state index contributed by atoms with van der Waals surface area (Å²) in [4.78, 5) is 9.00. The molecular weight excluding hydrogens is 130 g/mol. The highest BCUT2D eigenvalue weighted by molar-refractivity contribution is 5.62. The first-order valence-corrected chi connectivity index (χ1v) is 2.79. The molecule has 4 N–H and O–H groups in total. The molecule has 0 aromatic carbocycles. The highest BCUT2D eigenvalue weighted by Crippen LogP contribution is 1.82. The molecule has 0 aromatic heterocycles. The van der Waals surface area contributed by atoms with Gasteiger partial charge in [-0.15, -0.1) is 0 Å². The van der Waals surface area contributed by atoms with Gasteiger partial charge in [0.2, 0.25) is 0 Å². The molecule has 0 atom stereocenters. The molecule has 10 heavy (non-hydrogen) atoms. The lowest BCUT2D eigenvalue weighted by Gasteiger charge is -1.74. The van der Waals surface area contributed by atoms with Crippen molar-refractivity contribution in [3.8, 4) is 0 Å². The van der Waals surface area contributed by atoms with Crippen LogP contribution in [-0.4, -0.2) is 11.1 Å². The second-order valence-corrected chi connectivity index (χ2v) is 1.89. The monoisotopic (exact) mass is 147 g/mol. The minimum Gasteiger partial charge on any atom is -0.481 e. The van der Waals surface area contributed by atoms with Crippen LogP contribution in [0.3, 0.4) is 0 Å². The molecule has 3 heteroatoms. The second-order valence-electron chi connectivity index (χ2n) is 1.89. The van der Waals surface area contributed by atoms with E-state index in [9.17, 15) is 0 Å². The first-order valence-electron chi connectivity index (χ1n) is 2.79. The summed E-state index contributed by atoms with van der Waals surface area (Å²) in [7, 11) is 0. The van der Waals surface area contributed by atoms with Gasteiger partial charge in [0.25, 0.3) is 5.97 Å². The van der Waals surface area contributed by atoms with Gasteiger partial charge < -0.3 is 11.3 Å². The lowest BCUT2D eigenvalue weighted by Crippen LogP contribution is -1.78. The van der Waals surface area contributed by atoms with Gasteiger partial charge in [-0.3, -0.25) is 4.79 Å². The molecule has 0 aliphatic heterocycles. The maximum Gasteiger partial charge on any atom is 0.300 e. The Labute approximate surface area is 62.3 Å². The molecule has 0 aliphatic rings. The van der Waals surface area contributed by atoms with Crippen LogP contribution in [0.2, 0.25) is 0 Å². The van der Waals surface area contributed by atoms with Crippen molar-refractivity contribution in [3.63, 3.8) is 0 Å². The molecule has 0 heterocycles. The number of rotatable bonds is 0. The fraction of sp³-hybridized carbons (Fsp3) is 0.571. The second kappa shape index (κ2) is 11.0. The van der Waals surface area contributed by atoms with Crippen LogP contribution in [0, 0.1) is 0 Å². The fourth-order valence-corrected chi connectivity index (χ4v) is 0. The van der Waals surface area contributed by atoms with Crippen molar-refractivity contribution in [2.45, 2.75) is 27.7 Å². The molecule has 0 unspecified atom stereocenters. The van der Waals surface area contributed by atoms with Gasteiger partial charge in [0.1, 0.15) is 0 Å². The highest BCUT2D eigenvalue weighted by atomic mass is 16.4. The maximum atomic E-state index is 9.00. The summed E-state index contributed by atoms with van der Waals surface area (Å²) in [5.41, 5.74) is 1.38. The van der Waals surface area contributed by atoms with E-state index < -0.39 is 5.97 Å². The zero-order valence-corrected chi connectivity index (χ0v) is 7.14. The van der Waals surface area contributed by atoms with Crippen molar-refractivity contribution in [2.75, 3.05) is 0 Å². The SMILES string of the molecule is CC(=O)O.CC=C(C)C.N. The van der Waals surface area contributed by atoms with E-state index in [1.165, 1.54) is 5.57 Å². The van der Waals surface area contributed by atoms with Crippen molar-refractivity contribution in [1.82, 2.24) is 6.15 Å². The standard InChI is InChI=1S/C5H10.C2H4O2.H3N/c1-4-5(2)3;1-2(3)4;/h4H,1-3H3;1H3,(H,3,4);1H3. The summed E-state index contributed by atoms with van der Waals surface area (Å²) in [5.74, 6) is -0.833. The van der Waals surface area contributed by atoms with Crippen LogP contribution in [0.4, 0.5) is 0 Å². The smallest absolute Gasteiger partial charge is 0.300 e. The Morgan fingerprint density at radius 2 is 1.40 bits per heavy atom. The van der Waals surface area contributed by atoms with Crippen LogP contribution < -0.4 is 6.15 Å². The van der Waals surface area contributed by atoms with Crippen molar-refractivity contribution in [2.24, 2.45) is 0 Å². The highest BCUT2D eigenvalue weighted by Gasteiger charge is 1.65. The van der Waals surface area contributed by atoms with Crippen molar-refractivity contribution in [1.29, 1.82) is 0 Å². The molecule has 62 valence electrons. The van der Waals surface area contributed by atoms with Crippen molar-refractivity contribution < 1.29 is 9.90 Å². The predicted octanol–water partition coefficient (Wildman–Crippen LogP) is 2.23. The first-order chi connectivity index (χ1) is 4.00. The van der Waals surface area contributed by atoms with Gasteiger partial charge in [-0.1, -0.05) is 11.6 Å². The summed E-state index contributed by atoms with van der Waals surface area (Å²) >= 11 is 0. The minimum atomic E-state index is -0.833. The Morgan fingerprint density at radius 3 is 1.40 bits per heavy atom. The van der Waals surface area contributed by atoms with Crippen LogP contribution in [0.25, 0.3) is 0 Å². The van der Waals surface area contributed by atoms with Gasteiger partial charge in [0.05, 0.1) is 0 Å². The van der Waals surface area contributed by atoms with Gasteiger partial charge >= 0.3 is 0 Å².